The molecule has 0 aromatic heterocycles. The minimum absolute atomic E-state index is 0.00648. The molecule has 2 saturated heterocycles. The molecule has 3 aliphatic heterocycles. The van der Waals surface area contributed by atoms with Crippen molar-refractivity contribution in [3.05, 3.63) is 29.8 Å². The van der Waals surface area contributed by atoms with Crippen molar-refractivity contribution >= 4 is 11.9 Å². The molecule has 1 aromatic rings. The van der Waals surface area contributed by atoms with E-state index in [1.165, 1.54) is 10.5 Å². The summed E-state index contributed by atoms with van der Waals surface area (Å²) in [7, 11) is 2.05. The van der Waals surface area contributed by atoms with Gasteiger partial charge in [0.15, 0.2) is 6.23 Å². The molecule has 6 nitrogen and oxygen atoms in total. The molecular weight excluding hydrogens is 318 g/mol. The number of benzene rings is 1. The number of hydrogen-bond donors (Lipinski definition) is 0. The van der Waals surface area contributed by atoms with Crippen LogP contribution in [0, 0.1) is 0 Å². The van der Waals surface area contributed by atoms with Crippen LogP contribution in [0.25, 0.3) is 0 Å². The van der Waals surface area contributed by atoms with Gasteiger partial charge in [0.1, 0.15) is 11.8 Å². The van der Waals surface area contributed by atoms with E-state index in [2.05, 4.69) is 11.0 Å². The summed E-state index contributed by atoms with van der Waals surface area (Å²) < 4.78 is 6.09. The van der Waals surface area contributed by atoms with E-state index in [-0.39, 0.29) is 24.2 Å². The molecule has 0 spiro atoms. The first-order valence-electron chi connectivity index (χ1n) is 9.22. The molecular formula is C19H25N3O3. The van der Waals surface area contributed by atoms with Crippen LogP contribution in [0.1, 0.15) is 31.2 Å². The fourth-order valence-electron chi connectivity index (χ4n) is 4.13. The number of urea groups is 1. The third kappa shape index (κ3) is 2.99. The summed E-state index contributed by atoms with van der Waals surface area (Å²) in [6.45, 7) is 2.02. The first-order chi connectivity index (χ1) is 12.1. The van der Waals surface area contributed by atoms with Crippen LogP contribution in [0.5, 0.6) is 5.75 Å². The van der Waals surface area contributed by atoms with E-state index in [0.29, 0.717) is 6.54 Å². The molecule has 2 fully saturated rings. The van der Waals surface area contributed by atoms with Crippen molar-refractivity contribution in [2.24, 2.45) is 0 Å². The van der Waals surface area contributed by atoms with Crippen LogP contribution in [0.15, 0.2) is 24.3 Å². The number of ether oxygens (including phenoxy) is 1. The quantitative estimate of drug-likeness (QED) is 0.768. The minimum atomic E-state index is -0.191. The van der Waals surface area contributed by atoms with Crippen LogP contribution in [0.2, 0.25) is 0 Å². The minimum Gasteiger partial charge on any atom is -0.475 e. The van der Waals surface area contributed by atoms with Gasteiger partial charge in [-0.1, -0.05) is 18.2 Å². The second-order valence-electron chi connectivity index (χ2n) is 7.18. The largest absolute Gasteiger partial charge is 0.475 e. The number of imide groups is 1. The van der Waals surface area contributed by atoms with Crippen molar-refractivity contribution in [2.45, 2.75) is 44.4 Å². The van der Waals surface area contributed by atoms with Gasteiger partial charge in [-0.05, 0) is 44.4 Å². The number of fused-ring (bicyclic) bond motifs is 2. The Kier molecular flexibility index (Phi) is 4.37. The second-order valence-corrected chi connectivity index (χ2v) is 7.18. The van der Waals surface area contributed by atoms with Gasteiger partial charge < -0.3 is 9.64 Å². The lowest BCUT2D eigenvalue weighted by molar-refractivity contribution is -0.128. The highest BCUT2D eigenvalue weighted by Gasteiger charge is 2.46. The molecule has 3 aliphatic rings. The molecule has 4 rings (SSSR count). The average molecular weight is 343 g/mol. The molecule has 0 bridgehead atoms. The molecule has 3 amide bonds. The van der Waals surface area contributed by atoms with E-state index >= 15 is 0 Å². The van der Waals surface area contributed by atoms with E-state index < -0.39 is 0 Å². The normalized spacial score (nSPS) is 25.4. The zero-order valence-electron chi connectivity index (χ0n) is 14.7. The molecule has 2 unspecified atom stereocenters. The number of amides is 3. The lowest BCUT2D eigenvalue weighted by atomic mass is 10.0. The Labute approximate surface area is 148 Å². The Balaban J connectivity index is 1.28. The summed E-state index contributed by atoms with van der Waals surface area (Å²) in [6, 6.07) is 7.88. The Morgan fingerprint density at radius 1 is 1.24 bits per heavy atom. The van der Waals surface area contributed by atoms with Crippen LogP contribution in [0.4, 0.5) is 4.79 Å². The monoisotopic (exact) mass is 343 g/mol. The van der Waals surface area contributed by atoms with Crippen molar-refractivity contribution in [3.8, 4) is 5.75 Å². The van der Waals surface area contributed by atoms with Gasteiger partial charge in [-0.3, -0.25) is 14.6 Å². The Bertz CT molecular complexity index is 656. The average Bonchev–Trinajstić information content (AvgIpc) is 3.20. The van der Waals surface area contributed by atoms with Gasteiger partial charge in [0, 0.05) is 26.1 Å². The molecule has 0 radical (unpaired) electrons. The second kappa shape index (κ2) is 6.67. The Morgan fingerprint density at radius 3 is 2.92 bits per heavy atom. The van der Waals surface area contributed by atoms with Crippen LogP contribution in [0.3, 0.4) is 0 Å². The van der Waals surface area contributed by atoms with Crippen molar-refractivity contribution in [1.82, 2.24) is 14.7 Å². The zero-order valence-corrected chi connectivity index (χ0v) is 14.7. The number of para-hydroxylation sites is 1. The molecule has 0 saturated carbocycles. The molecule has 3 heterocycles. The number of nitrogens with zero attached hydrogens (tertiary/aromatic N) is 3. The Hall–Kier alpha value is -2.08. The SMILES string of the molecule is CN(CCCN1C(=O)C2CCCN2C1=O)C1CCc2ccccc2O1. The predicted octanol–water partition coefficient (Wildman–Crippen LogP) is 2.09. The number of carbonyl (C=O) groups is 2. The molecule has 25 heavy (non-hydrogen) atoms. The standard InChI is InChI=1S/C19H25N3O3/c1-20(17-10-9-14-6-2-3-8-16(14)25-17)11-5-13-22-18(23)15-7-4-12-21(15)19(22)24/h2-3,6,8,15,17H,4-5,7,9-13H2,1H3. The summed E-state index contributed by atoms with van der Waals surface area (Å²) in [5.41, 5.74) is 1.26. The zero-order chi connectivity index (χ0) is 17.4. The summed E-state index contributed by atoms with van der Waals surface area (Å²) in [5.74, 6) is 0.962. The molecule has 0 aliphatic carbocycles. The van der Waals surface area contributed by atoms with Crippen LogP contribution in [-0.4, -0.2) is 65.6 Å². The first-order valence-corrected chi connectivity index (χ1v) is 9.22. The number of aryl methyl sites for hydroxylation is 1. The fourth-order valence-corrected chi connectivity index (χ4v) is 4.13. The highest BCUT2D eigenvalue weighted by atomic mass is 16.5. The van der Waals surface area contributed by atoms with Crippen molar-refractivity contribution in [1.29, 1.82) is 0 Å². The third-order valence-corrected chi connectivity index (χ3v) is 5.56. The third-order valence-electron chi connectivity index (χ3n) is 5.56. The summed E-state index contributed by atoms with van der Waals surface area (Å²) in [6.07, 6.45) is 4.57. The maximum atomic E-state index is 12.3. The van der Waals surface area contributed by atoms with Crippen molar-refractivity contribution in [2.75, 3.05) is 26.7 Å². The van der Waals surface area contributed by atoms with E-state index in [1.54, 1.807) is 4.90 Å². The van der Waals surface area contributed by atoms with Gasteiger partial charge in [0.2, 0.25) is 0 Å². The maximum absolute atomic E-state index is 12.3. The molecule has 6 heteroatoms. The molecule has 1 aromatic carbocycles. The van der Waals surface area contributed by atoms with Crippen molar-refractivity contribution < 1.29 is 14.3 Å². The van der Waals surface area contributed by atoms with Crippen LogP contribution < -0.4 is 4.74 Å². The summed E-state index contributed by atoms with van der Waals surface area (Å²) >= 11 is 0. The molecule has 134 valence electrons. The molecule has 0 N–H and O–H groups in total. The van der Waals surface area contributed by atoms with Gasteiger partial charge in [0.05, 0.1) is 0 Å². The molecule has 2 atom stereocenters. The summed E-state index contributed by atoms with van der Waals surface area (Å²) in [5, 5.41) is 0. The maximum Gasteiger partial charge on any atom is 0.327 e. The first kappa shape index (κ1) is 16.4. The van der Waals surface area contributed by atoms with E-state index in [4.69, 9.17) is 4.74 Å². The van der Waals surface area contributed by atoms with Gasteiger partial charge in [-0.25, -0.2) is 4.79 Å². The number of rotatable bonds is 5. The highest BCUT2D eigenvalue weighted by Crippen LogP contribution is 2.29. The number of hydrogen-bond acceptors (Lipinski definition) is 4. The Morgan fingerprint density at radius 2 is 2.08 bits per heavy atom. The van der Waals surface area contributed by atoms with Gasteiger partial charge in [-0.2, -0.15) is 0 Å². The predicted molar refractivity (Wildman–Crippen MR) is 93.3 cm³/mol. The lowest BCUT2D eigenvalue weighted by Crippen LogP contribution is -2.41. The van der Waals surface area contributed by atoms with Crippen LogP contribution in [-0.2, 0) is 11.2 Å². The topological polar surface area (TPSA) is 53.1 Å². The smallest absolute Gasteiger partial charge is 0.327 e. The van der Waals surface area contributed by atoms with Gasteiger partial charge in [0.25, 0.3) is 5.91 Å². The summed E-state index contributed by atoms with van der Waals surface area (Å²) in [4.78, 5) is 30.0. The fraction of sp³-hybridized carbons (Fsp3) is 0.579. The lowest BCUT2D eigenvalue weighted by Gasteiger charge is -2.33. The number of carbonyl (C=O) groups excluding carboxylic acids is 2. The van der Waals surface area contributed by atoms with Crippen molar-refractivity contribution in [3.63, 3.8) is 0 Å². The van der Waals surface area contributed by atoms with Crippen LogP contribution >= 0.6 is 0 Å². The van der Waals surface area contributed by atoms with Gasteiger partial charge in [-0.15, -0.1) is 0 Å². The van der Waals surface area contributed by atoms with Gasteiger partial charge >= 0.3 is 6.03 Å². The van der Waals surface area contributed by atoms with E-state index in [9.17, 15) is 9.59 Å². The highest BCUT2D eigenvalue weighted by molar-refractivity contribution is 6.04. The van der Waals surface area contributed by atoms with E-state index in [0.717, 1.165) is 50.9 Å². The van der Waals surface area contributed by atoms with E-state index in [1.807, 2.05) is 25.2 Å².